The smallest absolute Gasteiger partial charge is 0.234 e. The second kappa shape index (κ2) is 5.89. The molecule has 0 N–H and O–H groups in total. The molecule has 2 aromatic carbocycles. The fourth-order valence-corrected chi connectivity index (χ4v) is 3.69. The van der Waals surface area contributed by atoms with Crippen molar-refractivity contribution in [2.75, 3.05) is 0 Å². The predicted molar refractivity (Wildman–Crippen MR) is 94.2 cm³/mol. The van der Waals surface area contributed by atoms with Gasteiger partial charge in [-0.3, -0.25) is 4.57 Å². The Morgan fingerprint density at radius 2 is 1.65 bits per heavy atom. The van der Waals surface area contributed by atoms with Crippen LogP contribution >= 0.6 is 11.8 Å². The molecule has 0 atom stereocenters. The van der Waals surface area contributed by atoms with Crippen molar-refractivity contribution < 1.29 is 0 Å². The molecule has 0 saturated carbocycles. The van der Waals surface area contributed by atoms with Crippen molar-refractivity contribution in [2.45, 2.75) is 16.8 Å². The lowest BCUT2D eigenvalue weighted by molar-refractivity contribution is 0.884. The summed E-state index contributed by atoms with van der Waals surface area (Å²) in [5, 5.41) is 2.32. The SMILES string of the molecule is Cc1cccc2cc(Sc3ccccc3)n(-c3ncccn3)c12. The van der Waals surface area contributed by atoms with Crippen molar-refractivity contribution in [1.82, 2.24) is 14.5 Å². The number of hydrogen-bond donors (Lipinski definition) is 0. The summed E-state index contributed by atoms with van der Waals surface area (Å²) >= 11 is 1.73. The van der Waals surface area contributed by atoms with Gasteiger partial charge in [0.05, 0.1) is 10.5 Å². The van der Waals surface area contributed by atoms with Gasteiger partial charge in [-0.15, -0.1) is 0 Å². The highest BCUT2D eigenvalue weighted by atomic mass is 32.2. The molecule has 0 amide bonds. The molecular formula is C19H15N3S. The van der Waals surface area contributed by atoms with Gasteiger partial charge in [-0.25, -0.2) is 9.97 Å². The number of aryl methyl sites for hydroxylation is 1. The lowest BCUT2D eigenvalue weighted by Gasteiger charge is -2.09. The highest BCUT2D eigenvalue weighted by Crippen LogP contribution is 2.35. The van der Waals surface area contributed by atoms with E-state index >= 15 is 0 Å². The number of hydrogen-bond acceptors (Lipinski definition) is 3. The van der Waals surface area contributed by atoms with Gasteiger partial charge in [0.2, 0.25) is 5.95 Å². The minimum absolute atomic E-state index is 0.704. The second-order valence-electron chi connectivity index (χ2n) is 5.29. The third-order valence-corrected chi connectivity index (χ3v) is 4.73. The molecule has 4 heteroatoms. The van der Waals surface area contributed by atoms with Crippen molar-refractivity contribution >= 4 is 22.7 Å². The molecule has 0 saturated heterocycles. The monoisotopic (exact) mass is 317 g/mol. The molecule has 0 radical (unpaired) electrons. The zero-order valence-corrected chi connectivity index (χ0v) is 13.5. The number of benzene rings is 2. The lowest BCUT2D eigenvalue weighted by Crippen LogP contribution is -2.02. The van der Waals surface area contributed by atoms with Gasteiger partial charge >= 0.3 is 0 Å². The van der Waals surface area contributed by atoms with Crippen LogP contribution in [0, 0.1) is 6.92 Å². The third-order valence-electron chi connectivity index (χ3n) is 3.71. The molecule has 0 unspecified atom stereocenters. The Balaban J connectivity index is 1.95. The molecule has 0 bridgehead atoms. The summed E-state index contributed by atoms with van der Waals surface area (Å²) in [5.41, 5.74) is 2.38. The molecular weight excluding hydrogens is 302 g/mol. The van der Waals surface area contributed by atoms with E-state index in [0.717, 1.165) is 10.5 Å². The van der Waals surface area contributed by atoms with Crippen LogP contribution in [0.1, 0.15) is 5.56 Å². The molecule has 4 rings (SSSR count). The number of para-hydroxylation sites is 1. The molecule has 2 aromatic heterocycles. The first-order valence-corrected chi connectivity index (χ1v) is 8.26. The first kappa shape index (κ1) is 14.0. The molecule has 3 nitrogen and oxygen atoms in total. The van der Waals surface area contributed by atoms with Gasteiger partial charge < -0.3 is 0 Å². The molecule has 0 aliphatic heterocycles. The Hall–Kier alpha value is -2.59. The minimum atomic E-state index is 0.704. The maximum atomic E-state index is 4.45. The first-order valence-electron chi connectivity index (χ1n) is 7.44. The average Bonchev–Trinajstić information content (AvgIpc) is 2.96. The molecule has 112 valence electrons. The highest BCUT2D eigenvalue weighted by molar-refractivity contribution is 7.99. The average molecular weight is 317 g/mol. The van der Waals surface area contributed by atoms with Gasteiger partial charge in [0, 0.05) is 22.7 Å². The quantitative estimate of drug-likeness (QED) is 0.539. The molecule has 0 spiro atoms. The van der Waals surface area contributed by atoms with Gasteiger partial charge in [-0.05, 0) is 36.8 Å². The topological polar surface area (TPSA) is 30.7 Å². The van der Waals surface area contributed by atoms with Crippen LogP contribution in [0.5, 0.6) is 0 Å². The normalized spacial score (nSPS) is 11.0. The lowest BCUT2D eigenvalue weighted by atomic mass is 10.2. The van der Waals surface area contributed by atoms with Crippen molar-refractivity contribution in [3.63, 3.8) is 0 Å². The zero-order chi connectivity index (χ0) is 15.6. The van der Waals surface area contributed by atoms with Crippen molar-refractivity contribution in [2.24, 2.45) is 0 Å². The van der Waals surface area contributed by atoms with Crippen molar-refractivity contribution in [1.29, 1.82) is 0 Å². The van der Waals surface area contributed by atoms with Crippen LogP contribution in [0.25, 0.3) is 16.9 Å². The van der Waals surface area contributed by atoms with Gasteiger partial charge in [0.15, 0.2) is 0 Å². The maximum Gasteiger partial charge on any atom is 0.234 e. The van der Waals surface area contributed by atoms with Gasteiger partial charge in [-0.1, -0.05) is 48.2 Å². The number of nitrogens with zero attached hydrogens (tertiary/aromatic N) is 3. The standard InChI is InChI=1S/C19H15N3S/c1-14-7-5-8-15-13-17(23-16-9-3-2-4-10-16)22(18(14)15)19-20-11-6-12-21-19/h2-13H,1H3. The van der Waals surface area contributed by atoms with Crippen LogP contribution in [-0.4, -0.2) is 14.5 Å². The van der Waals surface area contributed by atoms with E-state index in [2.05, 4.69) is 70.0 Å². The van der Waals surface area contributed by atoms with Crippen LogP contribution in [0.3, 0.4) is 0 Å². The van der Waals surface area contributed by atoms with Gasteiger partial charge in [0.1, 0.15) is 0 Å². The molecule has 0 fully saturated rings. The van der Waals surface area contributed by atoms with Crippen molar-refractivity contribution in [3.05, 3.63) is 78.6 Å². The Bertz CT molecular complexity index is 946. The Kier molecular flexibility index (Phi) is 3.60. The predicted octanol–water partition coefficient (Wildman–Crippen LogP) is 4.88. The summed E-state index contributed by atoms with van der Waals surface area (Å²) in [7, 11) is 0. The fourth-order valence-electron chi connectivity index (χ4n) is 2.70. The highest BCUT2D eigenvalue weighted by Gasteiger charge is 2.15. The molecule has 23 heavy (non-hydrogen) atoms. The summed E-state index contributed by atoms with van der Waals surface area (Å²) in [6, 6.07) is 20.8. The molecule has 2 heterocycles. The largest absolute Gasteiger partial charge is 0.272 e. The molecule has 4 aromatic rings. The third kappa shape index (κ3) is 2.62. The Labute approximate surface area is 139 Å². The molecule has 0 aliphatic rings. The van der Waals surface area contributed by atoms with Crippen LogP contribution in [0.15, 0.2) is 83.0 Å². The summed E-state index contributed by atoms with van der Waals surface area (Å²) in [6.45, 7) is 2.12. The van der Waals surface area contributed by atoms with Gasteiger partial charge in [-0.2, -0.15) is 0 Å². The van der Waals surface area contributed by atoms with E-state index in [1.54, 1.807) is 24.2 Å². The van der Waals surface area contributed by atoms with Gasteiger partial charge in [0.25, 0.3) is 0 Å². The number of rotatable bonds is 3. The Morgan fingerprint density at radius 3 is 2.43 bits per heavy atom. The maximum absolute atomic E-state index is 4.45. The van der Waals surface area contributed by atoms with E-state index in [4.69, 9.17) is 0 Å². The summed E-state index contributed by atoms with van der Waals surface area (Å²) in [4.78, 5) is 10.1. The van der Waals surface area contributed by atoms with E-state index in [-0.39, 0.29) is 0 Å². The number of fused-ring (bicyclic) bond motifs is 1. The second-order valence-corrected chi connectivity index (χ2v) is 6.39. The first-order chi connectivity index (χ1) is 11.3. The van der Waals surface area contributed by atoms with E-state index in [0.29, 0.717) is 5.95 Å². The summed E-state index contributed by atoms with van der Waals surface area (Å²) < 4.78 is 2.14. The van der Waals surface area contributed by atoms with E-state index in [9.17, 15) is 0 Å². The Morgan fingerprint density at radius 1 is 0.870 bits per heavy atom. The van der Waals surface area contributed by atoms with E-state index < -0.39 is 0 Å². The van der Waals surface area contributed by atoms with Crippen LogP contribution < -0.4 is 0 Å². The zero-order valence-electron chi connectivity index (χ0n) is 12.7. The number of aromatic nitrogens is 3. The van der Waals surface area contributed by atoms with Crippen LogP contribution in [0.4, 0.5) is 0 Å². The fraction of sp³-hybridized carbons (Fsp3) is 0.0526. The minimum Gasteiger partial charge on any atom is -0.272 e. The molecule has 0 aliphatic carbocycles. The van der Waals surface area contributed by atoms with Crippen LogP contribution in [0.2, 0.25) is 0 Å². The van der Waals surface area contributed by atoms with E-state index in [1.807, 2.05) is 12.1 Å². The summed E-state index contributed by atoms with van der Waals surface area (Å²) in [5.74, 6) is 0.704. The van der Waals surface area contributed by atoms with E-state index in [1.165, 1.54) is 15.8 Å². The van der Waals surface area contributed by atoms with Crippen LogP contribution in [-0.2, 0) is 0 Å². The summed E-state index contributed by atoms with van der Waals surface area (Å²) in [6.07, 6.45) is 3.56. The van der Waals surface area contributed by atoms with Crippen molar-refractivity contribution in [3.8, 4) is 5.95 Å².